The minimum atomic E-state index is 0.0638. The van der Waals surface area contributed by atoms with Crippen LogP contribution in [-0.4, -0.2) is 40.4 Å². The van der Waals surface area contributed by atoms with Gasteiger partial charge in [0.25, 0.3) is 0 Å². The van der Waals surface area contributed by atoms with Crippen LogP contribution in [-0.2, 0) is 12.1 Å². The topological polar surface area (TPSA) is 33.1 Å². The molecule has 1 fully saturated rings. The molecular formula is C17H32N4. The fourth-order valence-corrected chi connectivity index (χ4v) is 3.04. The monoisotopic (exact) mass is 292 g/mol. The number of hydrogen-bond acceptors (Lipinski definition) is 3. The number of rotatable bonds is 6. The minimum absolute atomic E-state index is 0.0638. The van der Waals surface area contributed by atoms with Gasteiger partial charge in [0.1, 0.15) is 0 Å². The number of nitrogens with one attached hydrogen (secondary N) is 1. The number of aromatic nitrogens is 2. The summed E-state index contributed by atoms with van der Waals surface area (Å²) in [6, 6.07) is 0.658. The lowest BCUT2D eigenvalue weighted by Gasteiger charge is -2.31. The molecule has 4 nitrogen and oxygen atoms in total. The van der Waals surface area contributed by atoms with Crippen LogP contribution in [0.15, 0.2) is 12.4 Å². The summed E-state index contributed by atoms with van der Waals surface area (Å²) >= 11 is 0. The van der Waals surface area contributed by atoms with Gasteiger partial charge in [0, 0.05) is 30.9 Å². The molecule has 1 aromatic heterocycles. The van der Waals surface area contributed by atoms with Crippen LogP contribution >= 0.6 is 0 Å². The van der Waals surface area contributed by atoms with E-state index in [2.05, 4.69) is 56.1 Å². The van der Waals surface area contributed by atoms with Crippen molar-refractivity contribution in [1.29, 1.82) is 0 Å². The molecule has 2 heterocycles. The maximum absolute atomic E-state index is 4.46. The van der Waals surface area contributed by atoms with E-state index in [9.17, 15) is 0 Å². The van der Waals surface area contributed by atoms with E-state index in [1.807, 2.05) is 10.9 Å². The van der Waals surface area contributed by atoms with Crippen LogP contribution in [0.4, 0.5) is 0 Å². The van der Waals surface area contributed by atoms with Gasteiger partial charge in [-0.25, -0.2) is 0 Å². The molecule has 21 heavy (non-hydrogen) atoms. The summed E-state index contributed by atoms with van der Waals surface area (Å²) in [6.07, 6.45) is 6.87. The Morgan fingerprint density at radius 1 is 1.24 bits per heavy atom. The molecule has 1 unspecified atom stereocenters. The number of hydrogen-bond donors (Lipinski definition) is 1. The van der Waals surface area contributed by atoms with Crippen LogP contribution in [0.1, 0.15) is 53.0 Å². The van der Waals surface area contributed by atoms with Crippen LogP contribution in [0.25, 0.3) is 0 Å². The van der Waals surface area contributed by atoms with E-state index in [0.717, 1.165) is 13.1 Å². The standard InChI is InChI=1S/C17H32N4/c1-14(2)16(20-8-6-7-9-20)12-18-10-15-11-19-21(13-15)17(3,4)5/h11,13-14,16,18H,6-10,12H2,1-5H3. The van der Waals surface area contributed by atoms with Crippen LogP contribution in [0.2, 0.25) is 0 Å². The molecule has 0 amide bonds. The van der Waals surface area contributed by atoms with Crippen molar-refractivity contribution < 1.29 is 0 Å². The molecular weight excluding hydrogens is 260 g/mol. The summed E-state index contributed by atoms with van der Waals surface area (Å²) in [6.45, 7) is 15.7. The molecule has 0 spiro atoms. The highest BCUT2D eigenvalue weighted by Crippen LogP contribution is 2.17. The smallest absolute Gasteiger partial charge is 0.0543 e. The Kier molecular flexibility index (Phi) is 5.44. The zero-order valence-electron chi connectivity index (χ0n) is 14.4. The lowest BCUT2D eigenvalue weighted by atomic mass is 10.0. The molecule has 1 aromatic rings. The maximum Gasteiger partial charge on any atom is 0.0543 e. The van der Waals surface area contributed by atoms with Gasteiger partial charge < -0.3 is 5.32 Å². The van der Waals surface area contributed by atoms with E-state index in [0.29, 0.717) is 12.0 Å². The third-order valence-corrected chi connectivity index (χ3v) is 4.39. The molecule has 0 saturated carbocycles. The van der Waals surface area contributed by atoms with E-state index in [-0.39, 0.29) is 5.54 Å². The average Bonchev–Trinajstić information content (AvgIpc) is 3.04. The normalized spacial score (nSPS) is 18.6. The van der Waals surface area contributed by atoms with E-state index < -0.39 is 0 Å². The molecule has 4 heteroatoms. The van der Waals surface area contributed by atoms with Crippen molar-refractivity contribution in [2.75, 3.05) is 19.6 Å². The molecule has 1 aliphatic rings. The predicted molar refractivity (Wildman–Crippen MR) is 88.4 cm³/mol. The Morgan fingerprint density at radius 3 is 2.43 bits per heavy atom. The summed E-state index contributed by atoms with van der Waals surface area (Å²) in [5.41, 5.74) is 1.34. The van der Waals surface area contributed by atoms with Gasteiger partial charge in [-0.3, -0.25) is 9.58 Å². The van der Waals surface area contributed by atoms with Crippen LogP contribution in [0.3, 0.4) is 0 Å². The molecule has 2 rings (SSSR count). The molecule has 1 aliphatic heterocycles. The van der Waals surface area contributed by atoms with Gasteiger partial charge in [0.2, 0.25) is 0 Å². The van der Waals surface area contributed by atoms with E-state index in [4.69, 9.17) is 0 Å². The van der Waals surface area contributed by atoms with Crippen LogP contribution in [0.5, 0.6) is 0 Å². The van der Waals surface area contributed by atoms with Crippen molar-refractivity contribution >= 4 is 0 Å². The first-order chi connectivity index (χ1) is 9.88. The third-order valence-electron chi connectivity index (χ3n) is 4.39. The van der Waals surface area contributed by atoms with Gasteiger partial charge in [-0.05, 0) is 52.6 Å². The van der Waals surface area contributed by atoms with Gasteiger partial charge in [-0.15, -0.1) is 0 Å². The van der Waals surface area contributed by atoms with Gasteiger partial charge >= 0.3 is 0 Å². The minimum Gasteiger partial charge on any atom is -0.311 e. The second kappa shape index (κ2) is 6.93. The molecule has 0 radical (unpaired) electrons. The van der Waals surface area contributed by atoms with Gasteiger partial charge in [0.05, 0.1) is 11.7 Å². The van der Waals surface area contributed by atoms with Gasteiger partial charge in [-0.2, -0.15) is 5.10 Å². The highest BCUT2D eigenvalue weighted by Gasteiger charge is 2.24. The Hall–Kier alpha value is -0.870. The first kappa shape index (κ1) is 16.5. The fraction of sp³-hybridized carbons (Fsp3) is 0.824. The van der Waals surface area contributed by atoms with Crippen molar-refractivity contribution in [2.24, 2.45) is 5.92 Å². The predicted octanol–water partition coefficient (Wildman–Crippen LogP) is 2.85. The van der Waals surface area contributed by atoms with E-state index in [1.165, 1.54) is 31.5 Å². The molecule has 120 valence electrons. The Morgan fingerprint density at radius 2 is 1.90 bits per heavy atom. The quantitative estimate of drug-likeness (QED) is 0.875. The highest BCUT2D eigenvalue weighted by atomic mass is 15.3. The molecule has 1 atom stereocenters. The van der Waals surface area contributed by atoms with Crippen molar-refractivity contribution in [3.05, 3.63) is 18.0 Å². The van der Waals surface area contributed by atoms with Gasteiger partial charge in [0.15, 0.2) is 0 Å². The maximum atomic E-state index is 4.46. The van der Waals surface area contributed by atoms with E-state index in [1.54, 1.807) is 0 Å². The lowest BCUT2D eigenvalue weighted by molar-refractivity contribution is 0.186. The van der Waals surface area contributed by atoms with Crippen molar-refractivity contribution in [3.63, 3.8) is 0 Å². The van der Waals surface area contributed by atoms with Crippen molar-refractivity contribution in [2.45, 2.75) is 65.6 Å². The Balaban J connectivity index is 1.83. The molecule has 0 aromatic carbocycles. The zero-order valence-corrected chi connectivity index (χ0v) is 14.4. The molecule has 1 saturated heterocycles. The molecule has 0 bridgehead atoms. The summed E-state index contributed by atoms with van der Waals surface area (Å²) in [5, 5.41) is 8.09. The third kappa shape index (κ3) is 4.55. The molecule has 1 N–H and O–H groups in total. The van der Waals surface area contributed by atoms with E-state index >= 15 is 0 Å². The lowest BCUT2D eigenvalue weighted by Crippen LogP contribution is -2.44. The fourth-order valence-electron chi connectivity index (χ4n) is 3.04. The first-order valence-corrected chi connectivity index (χ1v) is 8.36. The second-order valence-electron chi connectivity index (χ2n) is 7.65. The Bertz CT molecular complexity index is 424. The van der Waals surface area contributed by atoms with Gasteiger partial charge in [-0.1, -0.05) is 13.8 Å². The summed E-state index contributed by atoms with van der Waals surface area (Å²) in [5.74, 6) is 0.702. The first-order valence-electron chi connectivity index (χ1n) is 8.36. The highest BCUT2D eigenvalue weighted by molar-refractivity contribution is 5.05. The number of nitrogens with zero attached hydrogens (tertiary/aromatic N) is 3. The van der Waals surface area contributed by atoms with Crippen molar-refractivity contribution in [1.82, 2.24) is 20.0 Å². The van der Waals surface area contributed by atoms with Crippen molar-refractivity contribution in [3.8, 4) is 0 Å². The van der Waals surface area contributed by atoms with Crippen LogP contribution in [0, 0.1) is 5.92 Å². The molecule has 0 aliphatic carbocycles. The summed E-state index contributed by atoms with van der Waals surface area (Å²) < 4.78 is 2.05. The number of likely N-dealkylation sites (tertiary alicyclic amines) is 1. The zero-order chi connectivity index (χ0) is 15.5. The summed E-state index contributed by atoms with van der Waals surface area (Å²) in [4.78, 5) is 2.65. The Labute approximate surface area is 129 Å². The van der Waals surface area contributed by atoms with Crippen LogP contribution < -0.4 is 5.32 Å². The summed E-state index contributed by atoms with van der Waals surface area (Å²) in [7, 11) is 0. The second-order valence-corrected chi connectivity index (χ2v) is 7.65. The largest absolute Gasteiger partial charge is 0.311 e. The average molecular weight is 292 g/mol. The SMILES string of the molecule is CC(C)C(CNCc1cnn(C(C)(C)C)c1)N1CCCC1.